The monoisotopic (exact) mass is 384 g/mol. The van der Waals surface area contributed by atoms with E-state index in [1.807, 2.05) is 13.0 Å². The number of nitrogens with one attached hydrogen (secondary N) is 1. The molecule has 0 amide bonds. The highest BCUT2D eigenvalue weighted by atomic mass is 35.5. The molecule has 0 bridgehead atoms. The Morgan fingerprint density at radius 2 is 1.96 bits per heavy atom. The minimum atomic E-state index is -1.86. The maximum Gasteiger partial charge on any atom is 0.210 e. The molecule has 1 heterocycles. The van der Waals surface area contributed by atoms with Crippen LogP contribution >= 0.6 is 11.6 Å². The van der Waals surface area contributed by atoms with Crippen molar-refractivity contribution in [3.63, 3.8) is 0 Å². The SMILES string of the molecule is CCCCCCCCNOS(=O)c1cc(Cl)c2ccc(C)nc2c1O. The number of rotatable bonds is 10. The van der Waals surface area contributed by atoms with Crippen LogP contribution in [0.5, 0.6) is 5.75 Å². The van der Waals surface area contributed by atoms with E-state index in [0.29, 0.717) is 22.5 Å². The summed E-state index contributed by atoms with van der Waals surface area (Å²) in [5, 5.41) is 11.4. The van der Waals surface area contributed by atoms with Crippen LogP contribution < -0.4 is 5.48 Å². The second-order valence-corrected chi connectivity index (χ2v) is 7.52. The minimum Gasteiger partial charge on any atom is -0.504 e. The molecule has 138 valence electrons. The third-order valence-corrected chi connectivity index (χ3v) is 5.21. The normalized spacial score (nSPS) is 12.6. The van der Waals surface area contributed by atoms with Crippen molar-refractivity contribution in [2.75, 3.05) is 6.54 Å². The van der Waals surface area contributed by atoms with Gasteiger partial charge in [0.25, 0.3) is 0 Å². The van der Waals surface area contributed by atoms with E-state index in [2.05, 4.69) is 17.4 Å². The number of nitrogens with zero attached hydrogens (tertiary/aromatic N) is 1. The summed E-state index contributed by atoms with van der Waals surface area (Å²) in [5.74, 6) is -0.164. The molecule has 0 aliphatic heterocycles. The lowest BCUT2D eigenvalue weighted by Crippen LogP contribution is -2.18. The fraction of sp³-hybridized carbons (Fsp3) is 0.500. The highest BCUT2D eigenvalue weighted by Crippen LogP contribution is 2.35. The van der Waals surface area contributed by atoms with Crippen LogP contribution in [-0.2, 0) is 15.4 Å². The Morgan fingerprint density at radius 3 is 2.72 bits per heavy atom. The first-order valence-electron chi connectivity index (χ1n) is 8.65. The second-order valence-electron chi connectivity index (χ2n) is 6.03. The van der Waals surface area contributed by atoms with Crippen molar-refractivity contribution in [2.24, 2.45) is 0 Å². The molecule has 0 aliphatic carbocycles. The maximum absolute atomic E-state index is 12.3. The van der Waals surface area contributed by atoms with Gasteiger partial charge in [-0.2, -0.15) is 9.76 Å². The Hall–Kier alpha value is -1.21. The van der Waals surface area contributed by atoms with Gasteiger partial charge < -0.3 is 5.11 Å². The lowest BCUT2D eigenvalue weighted by Gasteiger charge is -2.10. The predicted octanol–water partition coefficient (Wildman–Crippen LogP) is 4.81. The van der Waals surface area contributed by atoms with Gasteiger partial charge in [-0.15, -0.1) is 0 Å². The van der Waals surface area contributed by atoms with E-state index in [1.54, 1.807) is 6.07 Å². The molecule has 2 rings (SSSR count). The highest BCUT2D eigenvalue weighted by Gasteiger charge is 2.17. The zero-order chi connectivity index (χ0) is 18.2. The summed E-state index contributed by atoms with van der Waals surface area (Å²) < 4.78 is 17.4. The number of fused-ring (bicyclic) bond motifs is 1. The van der Waals surface area contributed by atoms with E-state index in [9.17, 15) is 9.32 Å². The van der Waals surface area contributed by atoms with Crippen LogP contribution in [0.4, 0.5) is 0 Å². The Labute approximate surface area is 156 Å². The number of phenolic OH excluding ortho intramolecular Hbond substituents is 1. The Morgan fingerprint density at radius 1 is 1.24 bits per heavy atom. The number of aryl methyl sites for hydroxylation is 1. The first-order valence-corrected chi connectivity index (χ1v) is 10.1. The smallest absolute Gasteiger partial charge is 0.210 e. The summed E-state index contributed by atoms with van der Waals surface area (Å²) in [6.45, 7) is 4.61. The Bertz CT molecular complexity index is 740. The zero-order valence-electron chi connectivity index (χ0n) is 14.7. The second kappa shape index (κ2) is 10.1. The van der Waals surface area contributed by atoms with Crippen LogP contribution in [0.2, 0.25) is 5.02 Å². The van der Waals surface area contributed by atoms with Gasteiger partial charge in [-0.25, -0.2) is 9.19 Å². The average Bonchev–Trinajstić information content (AvgIpc) is 2.60. The van der Waals surface area contributed by atoms with E-state index in [0.717, 1.165) is 18.5 Å². The van der Waals surface area contributed by atoms with Crippen molar-refractivity contribution in [2.45, 2.75) is 57.3 Å². The third-order valence-electron chi connectivity index (χ3n) is 3.95. The lowest BCUT2D eigenvalue weighted by atomic mass is 10.1. The molecular weight excluding hydrogens is 360 g/mol. The molecule has 1 atom stereocenters. The number of hydrogen-bond acceptors (Lipinski definition) is 5. The molecule has 0 spiro atoms. The van der Waals surface area contributed by atoms with Crippen LogP contribution in [0.25, 0.3) is 10.9 Å². The standard InChI is InChI=1S/C18H25ClN2O3S/c1-3-4-5-6-7-8-11-20-24-25(23)16-12-15(19)14-10-9-13(2)21-17(14)18(16)22/h9-10,12,20,22H,3-8,11H2,1-2H3. The van der Waals surface area contributed by atoms with Gasteiger partial charge in [0.1, 0.15) is 10.4 Å². The number of benzene rings is 1. The van der Waals surface area contributed by atoms with E-state index >= 15 is 0 Å². The van der Waals surface area contributed by atoms with Gasteiger partial charge in [0.2, 0.25) is 11.1 Å². The summed E-state index contributed by atoms with van der Waals surface area (Å²) in [4.78, 5) is 4.40. The fourth-order valence-electron chi connectivity index (χ4n) is 2.55. The van der Waals surface area contributed by atoms with E-state index in [1.165, 1.54) is 31.7 Å². The molecule has 1 aromatic carbocycles. The summed E-state index contributed by atoms with van der Waals surface area (Å²) >= 11 is 4.35. The summed E-state index contributed by atoms with van der Waals surface area (Å²) in [6, 6.07) is 5.05. The first-order chi connectivity index (χ1) is 12.0. The molecule has 7 heteroatoms. The lowest BCUT2D eigenvalue weighted by molar-refractivity contribution is 0.218. The van der Waals surface area contributed by atoms with Gasteiger partial charge >= 0.3 is 0 Å². The van der Waals surface area contributed by atoms with Gasteiger partial charge in [-0.1, -0.05) is 50.6 Å². The highest BCUT2D eigenvalue weighted by molar-refractivity contribution is 7.80. The van der Waals surface area contributed by atoms with E-state index < -0.39 is 11.1 Å². The van der Waals surface area contributed by atoms with Gasteiger partial charge in [0, 0.05) is 17.6 Å². The van der Waals surface area contributed by atoms with Crippen molar-refractivity contribution in [3.8, 4) is 5.75 Å². The molecule has 0 fully saturated rings. The van der Waals surface area contributed by atoms with Crippen molar-refractivity contribution in [1.82, 2.24) is 10.5 Å². The van der Waals surface area contributed by atoms with Crippen molar-refractivity contribution < 1.29 is 13.6 Å². The number of aromatic nitrogens is 1. The predicted molar refractivity (Wildman–Crippen MR) is 102 cm³/mol. The third kappa shape index (κ3) is 5.64. The molecule has 5 nitrogen and oxygen atoms in total. The number of hydrogen-bond donors (Lipinski definition) is 2. The number of aromatic hydroxyl groups is 1. The Kier molecular flexibility index (Phi) is 8.09. The zero-order valence-corrected chi connectivity index (χ0v) is 16.3. The molecule has 2 aromatic rings. The summed E-state index contributed by atoms with van der Waals surface area (Å²) in [5.41, 5.74) is 3.77. The van der Waals surface area contributed by atoms with Crippen LogP contribution in [0, 0.1) is 6.92 Å². The molecule has 0 saturated heterocycles. The van der Waals surface area contributed by atoms with Crippen LogP contribution in [0.1, 0.15) is 51.1 Å². The van der Waals surface area contributed by atoms with Gasteiger partial charge in [-0.3, -0.25) is 0 Å². The Balaban J connectivity index is 1.92. The number of unbranched alkanes of at least 4 members (excludes halogenated alkanes) is 5. The van der Waals surface area contributed by atoms with E-state index in [-0.39, 0.29) is 10.6 Å². The molecule has 0 radical (unpaired) electrons. The molecule has 2 N–H and O–H groups in total. The maximum atomic E-state index is 12.3. The van der Waals surface area contributed by atoms with Crippen molar-refractivity contribution >= 4 is 33.6 Å². The summed E-state index contributed by atoms with van der Waals surface area (Å²) in [7, 11) is 0. The molecule has 1 aromatic heterocycles. The molecule has 25 heavy (non-hydrogen) atoms. The average molecular weight is 385 g/mol. The van der Waals surface area contributed by atoms with Gasteiger partial charge in [-0.05, 0) is 31.5 Å². The van der Waals surface area contributed by atoms with E-state index in [4.69, 9.17) is 15.9 Å². The van der Waals surface area contributed by atoms with Crippen molar-refractivity contribution in [3.05, 3.63) is 28.9 Å². The number of hydroxylamine groups is 1. The van der Waals surface area contributed by atoms with Crippen LogP contribution in [0.15, 0.2) is 23.1 Å². The van der Waals surface area contributed by atoms with Crippen LogP contribution in [-0.4, -0.2) is 20.8 Å². The molecule has 1 unspecified atom stereocenters. The minimum absolute atomic E-state index is 0.117. The topological polar surface area (TPSA) is 71.5 Å². The summed E-state index contributed by atoms with van der Waals surface area (Å²) in [6.07, 6.45) is 7.01. The van der Waals surface area contributed by atoms with Crippen LogP contribution in [0.3, 0.4) is 0 Å². The first kappa shape index (κ1) is 20.1. The molecular formula is C18H25ClN2O3S. The number of halogens is 1. The van der Waals surface area contributed by atoms with Gasteiger partial charge in [0.05, 0.1) is 5.02 Å². The number of pyridine rings is 1. The largest absolute Gasteiger partial charge is 0.504 e. The van der Waals surface area contributed by atoms with Crippen molar-refractivity contribution in [1.29, 1.82) is 0 Å². The number of phenols is 1. The molecule has 0 saturated carbocycles. The fourth-order valence-corrected chi connectivity index (χ4v) is 3.63. The molecule has 0 aliphatic rings. The van der Waals surface area contributed by atoms with Gasteiger partial charge in [0.15, 0.2) is 5.75 Å². The quantitative estimate of drug-likeness (QED) is 0.454.